The monoisotopic (exact) mass is 933 g/mol. The van der Waals surface area contributed by atoms with Gasteiger partial charge in [0.15, 0.2) is 0 Å². The Morgan fingerprint density at radius 1 is 0.288 bits per heavy atom. The molecule has 1 heterocycles. The quantitative estimate of drug-likeness (QED) is 0.120. The summed E-state index contributed by atoms with van der Waals surface area (Å²) in [5.41, 5.74) is 14.8. The zero-order valence-electron chi connectivity index (χ0n) is 42.3. The van der Waals surface area contributed by atoms with E-state index in [4.69, 9.17) is 0 Å². The summed E-state index contributed by atoms with van der Waals surface area (Å²) in [7, 11) is 0. The molecule has 0 aliphatic heterocycles. The standard InChI is InChI=1S/C72H55N/c1-71(2,3)67-57-27-15-16-28-58(57)68(72(4,5)6)62-43-49(35-38-59(62)67)50-29-18-30-60-52(50)39-40-61-66(44-19-9-7-10-20-44)69(48-21-11-8-12-22-48)73(70(60)61)63-42-41-53(51-25-13-14-26-55(51)63)54-36-33-47-32-31-45-23-17-24-46-34-37-56(54)65(47)64(45)46/h7-43H,1-6H3. The Kier molecular flexibility index (Phi) is 9.48. The van der Waals surface area contributed by atoms with Crippen molar-refractivity contribution in [3.05, 3.63) is 236 Å². The number of benzene rings is 13. The van der Waals surface area contributed by atoms with E-state index >= 15 is 0 Å². The summed E-state index contributed by atoms with van der Waals surface area (Å²) >= 11 is 0. The molecule has 0 saturated carbocycles. The van der Waals surface area contributed by atoms with Crippen LogP contribution in [0.1, 0.15) is 52.7 Å². The van der Waals surface area contributed by atoms with Gasteiger partial charge in [0.25, 0.3) is 0 Å². The molecule has 13 aromatic carbocycles. The van der Waals surface area contributed by atoms with E-state index in [1.54, 1.807) is 0 Å². The highest BCUT2D eigenvalue weighted by Gasteiger charge is 2.29. The number of fused-ring (bicyclic) bond motifs is 6. The smallest absolute Gasteiger partial charge is 0.0620 e. The highest BCUT2D eigenvalue weighted by atomic mass is 15.0. The molecule has 1 nitrogen and oxygen atoms in total. The van der Waals surface area contributed by atoms with Gasteiger partial charge in [0, 0.05) is 21.7 Å². The first kappa shape index (κ1) is 43.3. The molecular weight excluding hydrogens is 879 g/mol. The number of nitrogens with zero attached hydrogens (tertiary/aromatic N) is 1. The Morgan fingerprint density at radius 3 is 1.47 bits per heavy atom. The lowest BCUT2D eigenvalue weighted by molar-refractivity contribution is 0.593. The number of hydrogen-bond acceptors (Lipinski definition) is 0. The molecule has 0 unspecified atom stereocenters. The molecule has 0 fully saturated rings. The topological polar surface area (TPSA) is 4.93 Å². The Balaban J connectivity index is 1.08. The Bertz CT molecular complexity index is 4520. The summed E-state index contributed by atoms with van der Waals surface area (Å²) in [6.45, 7) is 14.2. The second-order valence-corrected chi connectivity index (χ2v) is 22.4. The van der Waals surface area contributed by atoms with Crippen LogP contribution in [0.3, 0.4) is 0 Å². The molecule has 1 heteroatoms. The van der Waals surface area contributed by atoms with Crippen molar-refractivity contribution >= 4 is 86.3 Å². The molecule has 348 valence electrons. The van der Waals surface area contributed by atoms with Crippen LogP contribution in [0.4, 0.5) is 0 Å². The average molecular weight is 934 g/mol. The molecule has 0 spiro atoms. The zero-order valence-corrected chi connectivity index (χ0v) is 42.3. The van der Waals surface area contributed by atoms with Gasteiger partial charge in [-0.05, 0) is 132 Å². The first-order valence-corrected chi connectivity index (χ1v) is 25.9. The molecule has 14 aromatic rings. The molecule has 0 aliphatic rings. The van der Waals surface area contributed by atoms with Gasteiger partial charge in [0.2, 0.25) is 0 Å². The molecule has 0 saturated heterocycles. The minimum absolute atomic E-state index is 0.0521. The van der Waals surface area contributed by atoms with Gasteiger partial charge < -0.3 is 4.57 Å². The first-order chi connectivity index (χ1) is 35.5. The third-order valence-corrected chi connectivity index (χ3v) is 15.9. The number of aromatic nitrogens is 1. The van der Waals surface area contributed by atoms with Crippen molar-refractivity contribution in [2.45, 2.75) is 52.4 Å². The average Bonchev–Trinajstić information content (AvgIpc) is 3.76. The maximum Gasteiger partial charge on any atom is 0.0620 e. The largest absolute Gasteiger partial charge is 0.307 e. The highest BCUT2D eigenvalue weighted by molar-refractivity contribution is 6.27. The van der Waals surface area contributed by atoms with Gasteiger partial charge in [0.05, 0.1) is 16.9 Å². The molecule has 0 amide bonds. The van der Waals surface area contributed by atoms with Crippen LogP contribution in [0, 0.1) is 0 Å². The van der Waals surface area contributed by atoms with E-state index in [1.807, 2.05) is 0 Å². The van der Waals surface area contributed by atoms with E-state index in [2.05, 4.69) is 271 Å². The Morgan fingerprint density at radius 2 is 0.767 bits per heavy atom. The van der Waals surface area contributed by atoms with Crippen molar-refractivity contribution in [3.8, 4) is 50.3 Å². The summed E-state index contributed by atoms with van der Waals surface area (Å²) in [5, 5.41) is 19.3. The van der Waals surface area contributed by atoms with E-state index in [-0.39, 0.29) is 10.8 Å². The minimum Gasteiger partial charge on any atom is -0.307 e. The zero-order chi connectivity index (χ0) is 49.3. The van der Waals surface area contributed by atoms with Crippen LogP contribution in [0.2, 0.25) is 0 Å². The van der Waals surface area contributed by atoms with Crippen molar-refractivity contribution in [1.29, 1.82) is 0 Å². The van der Waals surface area contributed by atoms with Crippen molar-refractivity contribution in [3.63, 3.8) is 0 Å². The molecule has 0 aliphatic carbocycles. The summed E-state index contributed by atoms with van der Waals surface area (Å²) < 4.78 is 2.61. The van der Waals surface area contributed by atoms with E-state index in [0.29, 0.717) is 0 Å². The van der Waals surface area contributed by atoms with Crippen LogP contribution >= 0.6 is 0 Å². The molecular formula is C72H55N. The van der Waals surface area contributed by atoms with Crippen molar-refractivity contribution in [2.75, 3.05) is 0 Å². The van der Waals surface area contributed by atoms with E-state index in [1.165, 1.54) is 142 Å². The van der Waals surface area contributed by atoms with Crippen LogP contribution in [-0.2, 0) is 10.8 Å². The van der Waals surface area contributed by atoms with E-state index in [0.717, 1.165) is 5.69 Å². The maximum atomic E-state index is 2.61. The molecule has 1 aromatic heterocycles. The van der Waals surface area contributed by atoms with Crippen molar-refractivity contribution in [1.82, 2.24) is 4.57 Å². The normalized spacial score (nSPS) is 12.5. The number of hydrogen-bond donors (Lipinski definition) is 0. The second kappa shape index (κ2) is 16.0. The van der Waals surface area contributed by atoms with Gasteiger partial charge in [-0.15, -0.1) is 0 Å². The van der Waals surface area contributed by atoms with E-state index in [9.17, 15) is 0 Å². The van der Waals surface area contributed by atoms with Crippen LogP contribution in [0.5, 0.6) is 0 Å². The van der Waals surface area contributed by atoms with Gasteiger partial charge in [-0.3, -0.25) is 0 Å². The summed E-state index contributed by atoms with van der Waals surface area (Å²) in [6.07, 6.45) is 0. The fourth-order valence-electron chi connectivity index (χ4n) is 13.0. The van der Waals surface area contributed by atoms with Gasteiger partial charge in [-0.2, -0.15) is 0 Å². The lowest BCUT2D eigenvalue weighted by atomic mass is 9.73. The van der Waals surface area contributed by atoms with Gasteiger partial charge in [0.1, 0.15) is 0 Å². The van der Waals surface area contributed by atoms with Gasteiger partial charge >= 0.3 is 0 Å². The Hall–Kier alpha value is -8.52. The van der Waals surface area contributed by atoms with Crippen LogP contribution in [-0.4, -0.2) is 4.57 Å². The molecule has 0 N–H and O–H groups in total. The van der Waals surface area contributed by atoms with Gasteiger partial charge in [-0.25, -0.2) is 0 Å². The third-order valence-electron chi connectivity index (χ3n) is 15.9. The molecule has 0 bridgehead atoms. The summed E-state index contributed by atoms with van der Waals surface area (Å²) in [4.78, 5) is 0. The van der Waals surface area contributed by atoms with Crippen LogP contribution in [0.15, 0.2) is 224 Å². The van der Waals surface area contributed by atoms with E-state index < -0.39 is 0 Å². The van der Waals surface area contributed by atoms with Gasteiger partial charge in [-0.1, -0.05) is 254 Å². The highest BCUT2D eigenvalue weighted by Crippen LogP contribution is 2.50. The van der Waals surface area contributed by atoms with Crippen LogP contribution in [0.25, 0.3) is 137 Å². The van der Waals surface area contributed by atoms with Crippen molar-refractivity contribution < 1.29 is 0 Å². The maximum absolute atomic E-state index is 2.61. The lowest BCUT2D eigenvalue weighted by Crippen LogP contribution is -2.17. The SMILES string of the molecule is CC(C)(C)c1c2ccccc2c(C(C)(C)C)c2cc(-c3cccc4c3ccc3c(-c5ccccc5)c(-c5ccccc5)n(-c5ccc(-c6ccc7ccc8cccc9ccc6c7c89)c6ccccc56)c34)ccc12. The lowest BCUT2D eigenvalue weighted by Gasteiger charge is -2.30. The predicted octanol–water partition coefficient (Wildman–Crippen LogP) is 20.4. The fourth-order valence-corrected chi connectivity index (χ4v) is 13.0. The second-order valence-electron chi connectivity index (χ2n) is 22.4. The summed E-state index contributed by atoms with van der Waals surface area (Å²) in [6, 6.07) is 84.6. The molecule has 73 heavy (non-hydrogen) atoms. The fraction of sp³-hybridized carbons (Fsp3) is 0.111. The molecule has 0 atom stereocenters. The Labute approximate surface area is 426 Å². The van der Waals surface area contributed by atoms with Crippen molar-refractivity contribution in [2.24, 2.45) is 0 Å². The first-order valence-electron chi connectivity index (χ1n) is 25.9. The number of rotatable bonds is 5. The van der Waals surface area contributed by atoms with Crippen LogP contribution < -0.4 is 0 Å². The molecule has 0 radical (unpaired) electrons. The minimum atomic E-state index is -0.0847. The summed E-state index contributed by atoms with van der Waals surface area (Å²) in [5.74, 6) is 0. The predicted molar refractivity (Wildman–Crippen MR) is 316 cm³/mol. The molecule has 14 rings (SSSR count). The third kappa shape index (κ3) is 6.54.